The second-order valence-electron chi connectivity index (χ2n) is 6.05. The van der Waals surface area contributed by atoms with Crippen LogP contribution < -0.4 is 0 Å². The Kier molecular flexibility index (Phi) is 8.81. The number of hydrogen-bond acceptors (Lipinski definition) is 8. The molecule has 0 radical (unpaired) electrons. The predicted molar refractivity (Wildman–Crippen MR) is 89.8 cm³/mol. The van der Waals surface area contributed by atoms with E-state index in [0.29, 0.717) is 12.8 Å². The molecule has 4 atom stereocenters. The van der Waals surface area contributed by atoms with Crippen LogP contribution >= 0.6 is 0 Å². The Morgan fingerprint density at radius 1 is 1.12 bits per heavy atom. The third-order valence-corrected chi connectivity index (χ3v) is 3.71. The van der Waals surface area contributed by atoms with E-state index in [1.54, 1.807) is 6.08 Å². The van der Waals surface area contributed by atoms with Crippen molar-refractivity contribution >= 4 is 23.9 Å². The van der Waals surface area contributed by atoms with Gasteiger partial charge in [0, 0.05) is 33.3 Å². The maximum absolute atomic E-state index is 11.6. The van der Waals surface area contributed by atoms with Crippen molar-refractivity contribution in [3.05, 3.63) is 12.2 Å². The summed E-state index contributed by atoms with van der Waals surface area (Å²) in [5.41, 5.74) is 0. The van der Waals surface area contributed by atoms with E-state index in [2.05, 4.69) is 0 Å². The molecule has 8 nitrogen and oxygen atoms in total. The van der Waals surface area contributed by atoms with Crippen LogP contribution in [0.2, 0.25) is 0 Å². The first-order valence-electron chi connectivity index (χ1n) is 8.63. The minimum Gasteiger partial charge on any atom is -0.458 e. The second-order valence-corrected chi connectivity index (χ2v) is 6.05. The highest BCUT2D eigenvalue weighted by Crippen LogP contribution is 2.25. The summed E-state index contributed by atoms with van der Waals surface area (Å²) < 4.78 is 21.2. The molecule has 0 saturated heterocycles. The zero-order valence-corrected chi connectivity index (χ0v) is 15.6. The Balaban J connectivity index is 3.18. The smallest absolute Gasteiger partial charge is 0.330 e. The summed E-state index contributed by atoms with van der Waals surface area (Å²) in [6, 6.07) is 0. The molecule has 146 valence electrons. The fourth-order valence-corrected chi connectivity index (χ4v) is 2.74. The molecule has 0 fully saturated rings. The van der Waals surface area contributed by atoms with Gasteiger partial charge in [-0.3, -0.25) is 14.4 Å². The van der Waals surface area contributed by atoms with Crippen LogP contribution in [0.4, 0.5) is 0 Å². The highest BCUT2D eigenvalue weighted by atomic mass is 16.6. The van der Waals surface area contributed by atoms with E-state index in [9.17, 15) is 19.2 Å². The van der Waals surface area contributed by atoms with Gasteiger partial charge in [-0.1, -0.05) is 19.4 Å². The van der Waals surface area contributed by atoms with Gasteiger partial charge in [0.25, 0.3) is 0 Å². The third kappa shape index (κ3) is 7.25. The van der Waals surface area contributed by atoms with Crippen molar-refractivity contribution in [2.24, 2.45) is 0 Å². The average molecular weight is 370 g/mol. The van der Waals surface area contributed by atoms with Gasteiger partial charge in [0.05, 0.1) is 0 Å². The summed E-state index contributed by atoms with van der Waals surface area (Å²) in [6.07, 6.45) is 1.21. The van der Waals surface area contributed by atoms with Crippen LogP contribution in [0.1, 0.15) is 53.4 Å². The number of carbonyl (C=O) groups excluding carboxylic acids is 4. The van der Waals surface area contributed by atoms with Crippen molar-refractivity contribution in [2.45, 2.75) is 77.8 Å². The Labute approximate surface area is 152 Å². The molecule has 0 aromatic heterocycles. The molecule has 0 spiro atoms. The van der Waals surface area contributed by atoms with E-state index in [0.717, 1.165) is 6.42 Å². The Morgan fingerprint density at radius 2 is 1.73 bits per heavy atom. The maximum Gasteiger partial charge on any atom is 0.330 e. The van der Waals surface area contributed by atoms with Crippen LogP contribution in [0.25, 0.3) is 0 Å². The number of cyclic esters (lactones) is 1. The second kappa shape index (κ2) is 10.6. The van der Waals surface area contributed by atoms with Gasteiger partial charge in [-0.05, 0) is 12.8 Å². The van der Waals surface area contributed by atoms with E-state index in [-0.39, 0.29) is 6.42 Å². The number of carbonyl (C=O) groups is 4. The van der Waals surface area contributed by atoms with Crippen LogP contribution in [0, 0.1) is 0 Å². The van der Waals surface area contributed by atoms with E-state index in [1.165, 1.54) is 26.8 Å². The summed E-state index contributed by atoms with van der Waals surface area (Å²) in [5, 5.41) is 0. The molecule has 1 heterocycles. The van der Waals surface area contributed by atoms with Gasteiger partial charge in [0.2, 0.25) is 0 Å². The summed E-state index contributed by atoms with van der Waals surface area (Å²) in [7, 11) is 0. The summed E-state index contributed by atoms with van der Waals surface area (Å²) in [4.78, 5) is 46.3. The number of rotatable bonds is 9. The lowest BCUT2D eigenvalue weighted by molar-refractivity contribution is -0.198. The van der Waals surface area contributed by atoms with Crippen molar-refractivity contribution in [3.63, 3.8) is 0 Å². The number of ether oxygens (including phenoxy) is 4. The monoisotopic (exact) mass is 370 g/mol. The normalized spacial score (nSPS) is 19.7. The molecular weight excluding hydrogens is 344 g/mol. The highest BCUT2D eigenvalue weighted by Gasteiger charge is 2.43. The minimum atomic E-state index is -1.09. The molecule has 8 heteroatoms. The zero-order valence-electron chi connectivity index (χ0n) is 15.6. The van der Waals surface area contributed by atoms with Crippen LogP contribution in [-0.2, 0) is 38.1 Å². The fraction of sp³-hybridized carbons (Fsp3) is 0.667. The molecule has 0 aliphatic carbocycles. The molecule has 0 amide bonds. The quantitative estimate of drug-likeness (QED) is 0.447. The fourth-order valence-electron chi connectivity index (χ4n) is 2.74. The van der Waals surface area contributed by atoms with Crippen LogP contribution in [0.5, 0.6) is 0 Å². The number of esters is 4. The van der Waals surface area contributed by atoms with Crippen molar-refractivity contribution in [2.75, 3.05) is 0 Å². The van der Waals surface area contributed by atoms with Gasteiger partial charge in [-0.25, -0.2) is 4.79 Å². The first kappa shape index (κ1) is 21.7. The lowest BCUT2D eigenvalue weighted by Crippen LogP contribution is -2.51. The Morgan fingerprint density at radius 3 is 2.23 bits per heavy atom. The standard InChI is InChI=1S/C18H26O8/c1-5-6-8-14(23-11(2)19)17(24-12(3)20)18(25-13(4)21)15-9-7-10-16(22)26-15/h7,10,14-15,17-18H,5-6,8-9H2,1-4H3/t14-,15-,17-,18+/m0/s1. The molecule has 0 N–H and O–H groups in total. The molecule has 26 heavy (non-hydrogen) atoms. The van der Waals surface area contributed by atoms with Gasteiger partial charge in [-0.15, -0.1) is 0 Å². The van der Waals surface area contributed by atoms with Gasteiger partial charge < -0.3 is 18.9 Å². The molecule has 1 rings (SSSR count). The lowest BCUT2D eigenvalue weighted by Gasteiger charge is -2.36. The Hall–Kier alpha value is -2.38. The SMILES string of the molecule is CCCC[C@H](OC(C)=O)[C@H](OC(C)=O)[C@H](OC(C)=O)[C@@H]1CC=CC(=O)O1. The van der Waals surface area contributed by atoms with Crippen molar-refractivity contribution < 1.29 is 38.1 Å². The van der Waals surface area contributed by atoms with Crippen molar-refractivity contribution in [3.8, 4) is 0 Å². The molecule has 0 unspecified atom stereocenters. The molecule has 0 bridgehead atoms. The van der Waals surface area contributed by atoms with Gasteiger partial charge in [0.15, 0.2) is 12.2 Å². The molecule has 0 saturated carbocycles. The lowest BCUT2D eigenvalue weighted by atomic mass is 9.95. The van der Waals surface area contributed by atoms with Gasteiger partial charge in [-0.2, -0.15) is 0 Å². The topological polar surface area (TPSA) is 105 Å². The molecule has 1 aliphatic heterocycles. The summed E-state index contributed by atoms with van der Waals surface area (Å²) >= 11 is 0. The zero-order chi connectivity index (χ0) is 19.7. The largest absolute Gasteiger partial charge is 0.458 e. The summed E-state index contributed by atoms with van der Waals surface area (Å²) in [5.74, 6) is -2.39. The third-order valence-electron chi connectivity index (χ3n) is 3.71. The first-order valence-corrected chi connectivity index (χ1v) is 8.63. The van der Waals surface area contributed by atoms with Gasteiger partial charge >= 0.3 is 23.9 Å². The number of unbranched alkanes of at least 4 members (excludes halogenated alkanes) is 1. The highest BCUT2D eigenvalue weighted by molar-refractivity contribution is 5.82. The molecule has 0 aromatic carbocycles. The summed E-state index contributed by atoms with van der Waals surface area (Å²) in [6.45, 7) is 5.61. The van der Waals surface area contributed by atoms with Crippen LogP contribution in [0.15, 0.2) is 12.2 Å². The van der Waals surface area contributed by atoms with E-state index in [1.807, 2.05) is 6.92 Å². The maximum atomic E-state index is 11.6. The van der Waals surface area contributed by atoms with E-state index >= 15 is 0 Å². The van der Waals surface area contributed by atoms with Crippen LogP contribution in [0.3, 0.4) is 0 Å². The number of hydrogen-bond donors (Lipinski definition) is 0. The average Bonchev–Trinajstić information content (AvgIpc) is 2.54. The van der Waals surface area contributed by atoms with Gasteiger partial charge in [0.1, 0.15) is 12.2 Å². The van der Waals surface area contributed by atoms with E-state index in [4.69, 9.17) is 18.9 Å². The molecule has 1 aliphatic rings. The first-order chi connectivity index (χ1) is 12.2. The molecule has 0 aromatic rings. The minimum absolute atomic E-state index is 0.280. The van der Waals surface area contributed by atoms with Crippen molar-refractivity contribution in [1.82, 2.24) is 0 Å². The van der Waals surface area contributed by atoms with E-state index < -0.39 is 48.3 Å². The van der Waals surface area contributed by atoms with Crippen LogP contribution in [-0.4, -0.2) is 48.3 Å². The van der Waals surface area contributed by atoms with Crippen molar-refractivity contribution in [1.29, 1.82) is 0 Å². The predicted octanol–water partition coefficient (Wildman–Crippen LogP) is 1.84. The molecular formula is C18H26O8. The Bertz CT molecular complexity index is 553.